The molecule has 2 nitrogen and oxygen atoms in total. The van der Waals surface area contributed by atoms with Crippen molar-refractivity contribution in [3.63, 3.8) is 0 Å². The molecule has 2 aromatic rings. The number of benzene rings is 2. The van der Waals surface area contributed by atoms with Crippen LogP contribution in [0.5, 0.6) is 0 Å². The zero-order chi connectivity index (χ0) is 15.0. The molecular formula is C17H22BO2. The van der Waals surface area contributed by atoms with Crippen LogP contribution in [0.4, 0.5) is 0 Å². The minimum Gasteiger partial charge on any atom is -0.427 e. The molecule has 2 aromatic carbocycles. The van der Waals surface area contributed by atoms with E-state index >= 15 is 0 Å². The number of fused-ring (bicyclic) bond motifs is 1. The normalized spacial score (nSPS) is 12.7. The van der Waals surface area contributed by atoms with Crippen molar-refractivity contribution in [3.8, 4) is 0 Å². The Kier molecular flexibility index (Phi) is 3.94. The van der Waals surface area contributed by atoms with Gasteiger partial charge in [0.25, 0.3) is 0 Å². The lowest BCUT2D eigenvalue weighted by molar-refractivity contribution is -0.0893. The molecule has 105 valence electrons. The summed E-state index contributed by atoms with van der Waals surface area (Å²) in [6.45, 7) is 9.40. The lowest BCUT2D eigenvalue weighted by Gasteiger charge is -2.37. The van der Waals surface area contributed by atoms with E-state index in [0.29, 0.717) is 0 Å². The molecule has 0 aromatic heterocycles. The predicted octanol–water partition coefficient (Wildman–Crippen LogP) is 2.96. The van der Waals surface area contributed by atoms with Gasteiger partial charge in [-0.05, 0) is 56.4 Å². The SMILES string of the molecule is Cc1cccc2cccc([B]OC(C)(C)C(C)(C)O)c12. The fourth-order valence-corrected chi connectivity index (χ4v) is 2.02. The quantitative estimate of drug-likeness (QED) is 0.865. The second kappa shape index (κ2) is 5.23. The van der Waals surface area contributed by atoms with E-state index in [1.165, 1.54) is 16.3 Å². The molecule has 0 amide bonds. The molecule has 0 spiro atoms. The van der Waals surface area contributed by atoms with Gasteiger partial charge >= 0.3 is 7.48 Å². The summed E-state index contributed by atoms with van der Waals surface area (Å²) in [5.41, 5.74) is 0.693. The molecule has 0 aliphatic rings. The van der Waals surface area contributed by atoms with Crippen molar-refractivity contribution in [1.82, 2.24) is 0 Å². The molecule has 0 unspecified atom stereocenters. The summed E-state index contributed by atoms with van der Waals surface area (Å²) < 4.78 is 5.87. The van der Waals surface area contributed by atoms with Crippen molar-refractivity contribution in [2.75, 3.05) is 0 Å². The molecule has 0 saturated heterocycles. The van der Waals surface area contributed by atoms with Gasteiger partial charge in [0.05, 0.1) is 11.2 Å². The standard InChI is InChI=1S/C17H22BO2/c1-12-8-6-9-13-10-7-11-14(15(12)13)18-20-17(4,5)16(2,3)19/h6-11,19H,1-5H3. The van der Waals surface area contributed by atoms with Gasteiger partial charge in [0, 0.05) is 0 Å². The van der Waals surface area contributed by atoms with Gasteiger partial charge in [-0.1, -0.05) is 36.4 Å². The van der Waals surface area contributed by atoms with Crippen molar-refractivity contribution in [3.05, 3.63) is 42.0 Å². The van der Waals surface area contributed by atoms with Gasteiger partial charge in [-0.25, -0.2) is 0 Å². The summed E-state index contributed by atoms with van der Waals surface area (Å²) in [7, 11) is 1.76. The first-order chi connectivity index (χ1) is 9.22. The van der Waals surface area contributed by atoms with Crippen LogP contribution in [-0.2, 0) is 4.65 Å². The Labute approximate surface area is 122 Å². The van der Waals surface area contributed by atoms with Crippen LogP contribution in [0.15, 0.2) is 36.4 Å². The van der Waals surface area contributed by atoms with Gasteiger partial charge in [-0.3, -0.25) is 0 Å². The van der Waals surface area contributed by atoms with Crippen LogP contribution in [0.2, 0.25) is 0 Å². The summed E-state index contributed by atoms with van der Waals surface area (Å²) in [6, 6.07) is 12.4. The summed E-state index contributed by atoms with van der Waals surface area (Å²) in [4.78, 5) is 0. The molecule has 1 radical (unpaired) electrons. The number of hydrogen-bond donors (Lipinski definition) is 1. The van der Waals surface area contributed by atoms with Crippen LogP contribution in [0.3, 0.4) is 0 Å². The zero-order valence-electron chi connectivity index (χ0n) is 12.9. The van der Waals surface area contributed by atoms with Crippen molar-refractivity contribution >= 4 is 23.7 Å². The monoisotopic (exact) mass is 269 g/mol. The van der Waals surface area contributed by atoms with Gasteiger partial charge in [-0.2, -0.15) is 0 Å². The van der Waals surface area contributed by atoms with Gasteiger partial charge in [0.1, 0.15) is 0 Å². The Hall–Kier alpha value is -1.32. The third kappa shape index (κ3) is 2.89. The largest absolute Gasteiger partial charge is 0.427 e. The molecule has 1 N–H and O–H groups in total. The Morgan fingerprint density at radius 1 is 1.00 bits per heavy atom. The fraction of sp³-hybridized carbons (Fsp3) is 0.412. The Morgan fingerprint density at radius 2 is 1.60 bits per heavy atom. The topological polar surface area (TPSA) is 29.5 Å². The van der Waals surface area contributed by atoms with E-state index in [1.807, 2.05) is 26.0 Å². The second-order valence-corrected chi connectivity index (χ2v) is 6.33. The molecule has 0 heterocycles. The van der Waals surface area contributed by atoms with Crippen LogP contribution in [0, 0.1) is 6.92 Å². The molecule has 0 fully saturated rings. The fourth-order valence-electron chi connectivity index (χ4n) is 2.02. The van der Waals surface area contributed by atoms with Crippen LogP contribution in [0.1, 0.15) is 33.3 Å². The first-order valence-electron chi connectivity index (χ1n) is 6.94. The molecule has 3 heteroatoms. The van der Waals surface area contributed by atoms with Crippen molar-refractivity contribution in [2.24, 2.45) is 0 Å². The van der Waals surface area contributed by atoms with Crippen LogP contribution in [0.25, 0.3) is 10.8 Å². The van der Waals surface area contributed by atoms with E-state index < -0.39 is 11.2 Å². The predicted molar refractivity (Wildman–Crippen MR) is 85.5 cm³/mol. The van der Waals surface area contributed by atoms with Crippen molar-refractivity contribution in [2.45, 2.75) is 45.8 Å². The maximum Gasteiger partial charge on any atom is 0.331 e. The maximum absolute atomic E-state index is 10.1. The first-order valence-corrected chi connectivity index (χ1v) is 6.94. The molecule has 0 aliphatic heterocycles. The van der Waals surface area contributed by atoms with Gasteiger partial charge in [0.2, 0.25) is 0 Å². The third-order valence-electron chi connectivity index (χ3n) is 4.10. The molecule has 0 bridgehead atoms. The van der Waals surface area contributed by atoms with E-state index in [9.17, 15) is 5.11 Å². The minimum absolute atomic E-state index is 0.655. The van der Waals surface area contributed by atoms with Crippen molar-refractivity contribution in [1.29, 1.82) is 0 Å². The van der Waals surface area contributed by atoms with Crippen LogP contribution in [-0.4, -0.2) is 23.8 Å². The second-order valence-electron chi connectivity index (χ2n) is 6.33. The highest BCUT2D eigenvalue weighted by atomic mass is 16.5. The number of aliphatic hydroxyl groups is 1. The maximum atomic E-state index is 10.1. The average Bonchev–Trinajstić information content (AvgIpc) is 2.35. The number of rotatable bonds is 4. The number of aryl methyl sites for hydroxylation is 1. The highest BCUT2D eigenvalue weighted by Gasteiger charge is 2.35. The van der Waals surface area contributed by atoms with Crippen LogP contribution >= 0.6 is 0 Å². The van der Waals surface area contributed by atoms with E-state index in [0.717, 1.165) is 5.46 Å². The smallest absolute Gasteiger partial charge is 0.331 e. The third-order valence-corrected chi connectivity index (χ3v) is 4.10. The summed E-state index contributed by atoms with van der Waals surface area (Å²) in [5.74, 6) is 0. The van der Waals surface area contributed by atoms with E-state index in [2.05, 4.69) is 31.2 Å². The van der Waals surface area contributed by atoms with E-state index in [-0.39, 0.29) is 0 Å². The highest BCUT2D eigenvalue weighted by Crippen LogP contribution is 2.24. The molecule has 0 aliphatic carbocycles. The Balaban J connectivity index is 2.32. The Morgan fingerprint density at radius 3 is 2.20 bits per heavy atom. The lowest BCUT2D eigenvalue weighted by atomic mass is 9.79. The number of hydrogen-bond acceptors (Lipinski definition) is 2. The zero-order valence-corrected chi connectivity index (χ0v) is 12.9. The van der Waals surface area contributed by atoms with Gasteiger partial charge < -0.3 is 9.76 Å². The van der Waals surface area contributed by atoms with Crippen LogP contribution < -0.4 is 5.46 Å². The Bertz CT molecular complexity index is 607. The first kappa shape index (κ1) is 15.1. The van der Waals surface area contributed by atoms with Crippen molar-refractivity contribution < 1.29 is 9.76 Å². The molecule has 2 rings (SSSR count). The van der Waals surface area contributed by atoms with E-state index in [1.54, 1.807) is 21.3 Å². The van der Waals surface area contributed by atoms with Gasteiger partial charge in [0.15, 0.2) is 0 Å². The molecule has 20 heavy (non-hydrogen) atoms. The minimum atomic E-state index is -0.914. The van der Waals surface area contributed by atoms with Gasteiger partial charge in [-0.15, -0.1) is 0 Å². The average molecular weight is 269 g/mol. The molecular weight excluding hydrogens is 247 g/mol. The summed E-state index contributed by atoms with van der Waals surface area (Å²) in [6.07, 6.45) is 0. The molecule has 0 atom stereocenters. The summed E-state index contributed by atoms with van der Waals surface area (Å²) >= 11 is 0. The molecule has 0 saturated carbocycles. The van der Waals surface area contributed by atoms with E-state index in [4.69, 9.17) is 4.65 Å². The summed E-state index contributed by atoms with van der Waals surface area (Å²) in [5, 5.41) is 12.5. The highest BCUT2D eigenvalue weighted by molar-refractivity contribution is 6.51. The lowest BCUT2D eigenvalue weighted by Crippen LogP contribution is -2.49.